The molecule has 0 amide bonds. The van der Waals surface area contributed by atoms with Crippen molar-refractivity contribution in [1.82, 2.24) is 0 Å². The van der Waals surface area contributed by atoms with Crippen LogP contribution >= 0.6 is 0 Å². The van der Waals surface area contributed by atoms with Gasteiger partial charge in [-0.1, -0.05) is 77.1 Å². The maximum Gasteiger partial charge on any atom is 0.200 e. The molecule has 0 saturated carbocycles. The van der Waals surface area contributed by atoms with Crippen molar-refractivity contribution < 1.29 is 9.53 Å². The summed E-state index contributed by atoms with van der Waals surface area (Å²) < 4.78 is 5.64. The van der Waals surface area contributed by atoms with Crippen LogP contribution in [-0.4, -0.2) is 12.4 Å². The molecule has 0 fully saturated rings. The first-order valence-electron chi connectivity index (χ1n) is 8.49. The minimum absolute atomic E-state index is 0.00672. The molecule has 128 valence electrons. The van der Waals surface area contributed by atoms with E-state index in [1.54, 1.807) is 0 Å². The molecule has 0 N–H and O–H groups in total. The first-order chi connectivity index (χ1) is 11.2. The number of Topliss-reactive ketones (excluding diaryl/α,β-unsaturated/α-hetero) is 1. The molecule has 0 unspecified atom stereocenters. The highest BCUT2D eigenvalue weighted by atomic mass is 16.5. The van der Waals surface area contributed by atoms with Crippen LogP contribution in [0.5, 0.6) is 5.75 Å². The molecule has 0 aliphatic carbocycles. The molecule has 2 nitrogen and oxygen atoms in total. The molecule has 2 aromatic carbocycles. The van der Waals surface area contributed by atoms with Crippen molar-refractivity contribution in [2.45, 2.75) is 46.5 Å². The van der Waals surface area contributed by atoms with Crippen molar-refractivity contribution in [3.05, 3.63) is 65.7 Å². The predicted octanol–water partition coefficient (Wildman–Crippen LogP) is 5.66. The second kappa shape index (κ2) is 7.21. The summed E-state index contributed by atoms with van der Waals surface area (Å²) in [6.07, 6.45) is 1.10. The van der Waals surface area contributed by atoms with Crippen molar-refractivity contribution in [1.29, 1.82) is 0 Å². The fraction of sp³-hybridized carbons (Fsp3) is 0.409. The van der Waals surface area contributed by atoms with Crippen molar-refractivity contribution in [3.63, 3.8) is 0 Å². The zero-order chi connectivity index (χ0) is 17.8. The van der Waals surface area contributed by atoms with Gasteiger partial charge in [-0.2, -0.15) is 0 Å². The third kappa shape index (κ3) is 5.23. The van der Waals surface area contributed by atoms with E-state index in [4.69, 9.17) is 4.74 Å². The smallest absolute Gasteiger partial charge is 0.200 e. The van der Waals surface area contributed by atoms with Crippen LogP contribution in [0.1, 0.15) is 57.0 Å². The molecule has 0 atom stereocenters. The number of ether oxygens (including phenoxy) is 1. The van der Waals surface area contributed by atoms with E-state index in [9.17, 15) is 4.79 Å². The summed E-state index contributed by atoms with van der Waals surface area (Å²) in [4.78, 5) is 12.1. The van der Waals surface area contributed by atoms with Crippen molar-refractivity contribution >= 4 is 5.78 Å². The van der Waals surface area contributed by atoms with Crippen LogP contribution in [0.4, 0.5) is 0 Å². The summed E-state index contributed by atoms with van der Waals surface area (Å²) >= 11 is 0. The lowest BCUT2D eigenvalue weighted by molar-refractivity contribution is 0.0921. The zero-order valence-corrected chi connectivity index (χ0v) is 15.4. The molecule has 24 heavy (non-hydrogen) atoms. The van der Waals surface area contributed by atoms with E-state index in [1.807, 2.05) is 42.5 Å². The molecule has 0 bridgehead atoms. The Kier molecular flexibility index (Phi) is 5.48. The second-order valence-electron chi connectivity index (χ2n) is 8.22. The highest BCUT2D eigenvalue weighted by molar-refractivity contribution is 5.97. The van der Waals surface area contributed by atoms with Crippen LogP contribution in [0.2, 0.25) is 0 Å². The van der Waals surface area contributed by atoms with Gasteiger partial charge in [0.05, 0.1) is 0 Å². The molecular weight excluding hydrogens is 296 g/mol. The van der Waals surface area contributed by atoms with Gasteiger partial charge in [0.1, 0.15) is 5.75 Å². The number of ketones is 1. The number of hydrogen-bond donors (Lipinski definition) is 0. The third-order valence-electron chi connectivity index (χ3n) is 4.07. The van der Waals surface area contributed by atoms with E-state index in [2.05, 4.69) is 46.8 Å². The molecule has 0 aromatic heterocycles. The number of hydrogen-bond acceptors (Lipinski definition) is 2. The standard InChI is InChI=1S/C22H28O2/c1-21(2,3)16-22(4,5)18-11-13-19(14-12-18)24-15-20(23)17-9-7-6-8-10-17/h6-14H,15-16H2,1-5H3. The molecule has 0 aliphatic heterocycles. The Hall–Kier alpha value is -2.09. The second-order valence-corrected chi connectivity index (χ2v) is 8.22. The van der Waals surface area contributed by atoms with Gasteiger partial charge in [0.25, 0.3) is 0 Å². The Morgan fingerprint density at radius 3 is 2.00 bits per heavy atom. The van der Waals surface area contributed by atoms with Gasteiger partial charge in [-0.25, -0.2) is 0 Å². The molecule has 0 heterocycles. The van der Waals surface area contributed by atoms with Gasteiger partial charge in [0.15, 0.2) is 12.4 Å². The molecule has 0 spiro atoms. The largest absolute Gasteiger partial charge is 0.485 e. The summed E-state index contributed by atoms with van der Waals surface area (Å²) in [5.41, 5.74) is 2.36. The Labute approximate surface area is 145 Å². The monoisotopic (exact) mass is 324 g/mol. The lowest BCUT2D eigenvalue weighted by atomic mass is 9.72. The minimum atomic E-state index is -0.00672. The zero-order valence-electron chi connectivity index (χ0n) is 15.4. The fourth-order valence-corrected chi connectivity index (χ4v) is 3.29. The quantitative estimate of drug-likeness (QED) is 0.641. The van der Waals surface area contributed by atoms with Gasteiger partial charge in [0, 0.05) is 5.56 Å². The molecule has 2 heteroatoms. The minimum Gasteiger partial charge on any atom is -0.485 e. The highest BCUT2D eigenvalue weighted by Gasteiger charge is 2.27. The summed E-state index contributed by atoms with van der Waals surface area (Å²) in [6.45, 7) is 11.4. The van der Waals surface area contributed by atoms with E-state index < -0.39 is 0 Å². The van der Waals surface area contributed by atoms with Gasteiger partial charge in [-0.05, 0) is 34.9 Å². The summed E-state index contributed by atoms with van der Waals surface area (Å²) in [7, 11) is 0. The van der Waals surface area contributed by atoms with Crippen LogP contribution in [0.15, 0.2) is 54.6 Å². The fourth-order valence-electron chi connectivity index (χ4n) is 3.29. The lowest BCUT2D eigenvalue weighted by Gasteiger charge is -2.33. The third-order valence-corrected chi connectivity index (χ3v) is 4.07. The van der Waals surface area contributed by atoms with E-state index in [0.29, 0.717) is 5.56 Å². The maximum absolute atomic E-state index is 12.1. The SMILES string of the molecule is CC(C)(C)CC(C)(C)c1ccc(OCC(=O)c2ccccc2)cc1. The highest BCUT2D eigenvalue weighted by Crippen LogP contribution is 2.36. The lowest BCUT2D eigenvalue weighted by Crippen LogP contribution is -2.24. The Morgan fingerprint density at radius 2 is 1.46 bits per heavy atom. The number of rotatable bonds is 6. The van der Waals surface area contributed by atoms with E-state index in [1.165, 1.54) is 5.56 Å². The summed E-state index contributed by atoms with van der Waals surface area (Å²) in [5.74, 6) is 0.724. The molecule has 0 radical (unpaired) electrons. The number of carbonyl (C=O) groups is 1. The Morgan fingerprint density at radius 1 is 0.875 bits per heavy atom. The van der Waals surface area contributed by atoms with Crippen molar-refractivity contribution in [2.24, 2.45) is 5.41 Å². The predicted molar refractivity (Wildman–Crippen MR) is 99.8 cm³/mol. The summed E-state index contributed by atoms with van der Waals surface area (Å²) in [6, 6.07) is 17.4. The van der Waals surface area contributed by atoms with Gasteiger partial charge in [-0.3, -0.25) is 4.79 Å². The van der Waals surface area contributed by atoms with Crippen LogP contribution in [0.3, 0.4) is 0 Å². The van der Waals surface area contributed by atoms with Gasteiger partial charge in [0.2, 0.25) is 0 Å². The van der Waals surface area contributed by atoms with Crippen LogP contribution in [-0.2, 0) is 5.41 Å². The number of carbonyl (C=O) groups excluding carboxylic acids is 1. The van der Waals surface area contributed by atoms with Crippen LogP contribution < -0.4 is 4.74 Å². The van der Waals surface area contributed by atoms with E-state index >= 15 is 0 Å². The van der Waals surface area contributed by atoms with E-state index in [-0.39, 0.29) is 23.2 Å². The molecule has 0 aliphatic rings. The molecule has 0 saturated heterocycles. The number of benzene rings is 2. The van der Waals surface area contributed by atoms with Crippen LogP contribution in [0, 0.1) is 5.41 Å². The average molecular weight is 324 g/mol. The van der Waals surface area contributed by atoms with E-state index in [0.717, 1.165) is 12.2 Å². The maximum atomic E-state index is 12.1. The van der Waals surface area contributed by atoms with Crippen molar-refractivity contribution in [3.8, 4) is 5.75 Å². The van der Waals surface area contributed by atoms with Gasteiger partial charge < -0.3 is 4.74 Å². The molecular formula is C22H28O2. The molecule has 2 rings (SSSR count). The first kappa shape index (κ1) is 18.3. The Balaban J connectivity index is 1.98. The average Bonchev–Trinajstić information content (AvgIpc) is 2.51. The Bertz CT molecular complexity index is 661. The van der Waals surface area contributed by atoms with Crippen LogP contribution in [0.25, 0.3) is 0 Å². The van der Waals surface area contributed by atoms with Gasteiger partial charge in [-0.15, -0.1) is 0 Å². The molecule has 2 aromatic rings. The van der Waals surface area contributed by atoms with Gasteiger partial charge >= 0.3 is 0 Å². The topological polar surface area (TPSA) is 26.3 Å². The summed E-state index contributed by atoms with van der Waals surface area (Å²) in [5, 5.41) is 0. The normalized spacial score (nSPS) is 12.0. The first-order valence-corrected chi connectivity index (χ1v) is 8.49. The van der Waals surface area contributed by atoms with Crippen molar-refractivity contribution in [2.75, 3.05) is 6.61 Å².